The molecule has 1 amide bonds. The average molecular weight is 492 g/mol. The van der Waals surface area contributed by atoms with Gasteiger partial charge in [-0.2, -0.15) is 0 Å². The summed E-state index contributed by atoms with van der Waals surface area (Å²) in [4.78, 5) is 26.1. The van der Waals surface area contributed by atoms with Gasteiger partial charge in [0.15, 0.2) is 0 Å². The van der Waals surface area contributed by atoms with Crippen LogP contribution >= 0.6 is 11.6 Å². The van der Waals surface area contributed by atoms with Crippen molar-refractivity contribution >= 4 is 23.5 Å². The molecule has 182 valence electrons. The van der Waals surface area contributed by atoms with Crippen molar-refractivity contribution in [1.29, 1.82) is 0 Å². The maximum atomic E-state index is 13.3. The highest BCUT2D eigenvalue weighted by atomic mass is 35.5. The molecule has 1 N–H and O–H groups in total. The zero-order chi connectivity index (χ0) is 25.2. The predicted molar refractivity (Wildman–Crippen MR) is 137 cm³/mol. The second kappa shape index (κ2) is 10.1. The molecule has 0 spiro atoms. The number of carbonyl (C=O) groups is 2. The van der Waals surface area contributed by atoms with Crippen molar-refractivity contribution in [3.63, 3.8) is 0 Å². The van der Waals surface area contributed by atoms with Crippen LogP contribution in [0.2, 0.25) is 5.02 Å². The zero-order valence-corrected chi connectivity index (χ0v) is 21.0. The van der Waals surface area contributed by atoms with Gasteiger partial charge in [0.1, 0.15) is 17.9 Å². The Balaban J connectivity index is 1.50. The van der Waals surface area contributed by atoms with Gasteiger partial charge in [-0.3, -0.25) is 9.59 Å². The quantitative estimate of drug-likeness (QED) is 0.412. The lowest BCUT2D eigenvalue weighted by Crippen LogP contribution is -2.35. The van der Waals surface area contributed by atoms with E-state index in [0.717, 1.165) is 23.3 Å². The number of halogens is 1. The molecule has 1 atom stereocenters. The maximum absolute atomic E-state index is 13.3. The number of hydrogen-bond donors (Lipinski definition) is 1. The van der Waals surface area contributed by atoms with E-state index < -0.39 is 11.6 Å². The van der Waals surface area contributed by atoms with Gasteiger partial charge < -0.3 is 14.7 Å². The predicted octanol–water partition coefficient (Wildman–Crippen LogP) is 6.13. The van der Waals surface area contributed by atoms with Crippen molar-refractivity contribution in [1.82, 2.24) is 4.90 Å². The Kier molecular flexibility index (Phi) is 7.18. The van der Waals surface area contributed by atoms with Gasteiger partial charge >= 0.3 is 5.97 Å². The minimum atomic E-state index is -1.06. The van der Waals surface area contributed by atoms with Crippen molar-refractivity contribution < 1.29 is 19.4 Å². The topological polar surface area (TPSA) is 66.8 Å². The second-order valence-electron chi connectivity index (χ2n) is 9.81. The highest BCUT2D eigenvalue weighted by Crippen LogP contribution is 2.38. The van der Waals surface area contributed by atoms with Crippen molar-refractivity contribution in [3.05, 3.63) is 99.6 Å². The van der Waals surface area contributed by atoms with Gasteiger partial charge in [-0.25, -0.2) is 0 Å². The molecule has 6 heteroatoms. The molecule has 0 aliphatic carbocycles. The molecular weight excluding hydrogens is 462 g/mol. The number of benzene rings is 3. The summed E-state index contributed by atoms with van der Waals surface area (Å²) in [7, 11) is 0. The molecule has 0 radical (unpaired) electrons. The van der Waals surface area contributed by atoms with Crippen molar-refractivity contribution in [2.45, 2.75) is 51.7 Å². The minimum absolute atomic E-state index is 0.181. The number of fused-ring (bicyclic) bond motifs is 1. The van der Waals surface area contributed by atoms with Gasteiger partial charge in [0.2, 0.25) is 0 Å². The van der Waals surface area contributed by atoms with Gasteiger partial charge in [0, 0.05) is 30.0 Å². The summed E-state index contributed by atoms with van der Waals surface area (Å²) in [5.74, 6) is -0.135. The molecule has 4 rings (SSSR count). The highest BCUT2D eigenvalue weighted by Gasteiger charge is 2.35. The highest BCUT2D eigenvalue weighted by molar-refractivity contribution is 6.30. The normalized spacial score (nSPS) is 16.6. The van der Waals surface area contributed by atoms with Crippen LogP contribution < -0.4 is 4.74 Å². The Morgan fingerprint density at radius 1 is 1.03 bits per heavy atom. The van der Waals surface area contributed by atoms with Crippen LogP contribution in [0, 0.1) is 0 Å². The zero-order valence-electron chi connectivity index (χ0n) is 20.3. The number of amides is 1. The molecule has 3 aromatic rings. The average Bonchev–Trinajstić information content (AvgIpc) is 3.14. The first-order valence-corrected chi connectivity index (χ1v) is 12.2. The third kappa shape index (κ3) is 6.04. The van der Waals surface area contributed by atoms with E-state index in [9.17, 15) is 14.7 Å². The first kappa shape index (κ1) is 24.8. The van der Waals surface area contributed by atoms with Gasteiger partial charge in [-0.05, 0) is 65.4 Å². The Hall–Kier alpha value is -3.31. The lowest BCUT2D eigenvalue weighted by Gasteiger charge is -2.24. The fourth-order valence-electron chi connectivity index (χ4n) is 4.56. The monoisotopic (exact) mass is 491 g/mol. The Bertz CT molecular complexity index is 1220. The molecule has 0 aromatic heterocycles. The molecule has 1 aliphatic heterocycles. The number of carboxylic acids is 1. The van der Waals surface area contributed by atoms with Crippen LogP contribution in [0.1, 0.15) is 59.3 Å². The van der Waals surface area contributed by atoms with Crippen LogP contribution in [-0.2, 0) is 24.2 Å². The largest absolute Gasteiger partial charge is 0.487 e. The van der Waals surface area contributed by atoms with E-state index in [1.807, 2.05) is 12.1 Å². The fraction of sp³-hybridized carbons (Fsp3) is 0.310. The number of carbonyl (C=O) groups excluding carboxylic acids is 1. The SMILES string of the molecule is CC(C)c1ccc(C[C@]2(C)Cc3cc(C(=O)N(CC(=O)O)Cc4ccc(Cl)cc4)ccc3O2)cc1. The summed E-state index contributed by atoms with van der Waals surface area (Å²) >= 11 is 5.95. The first-order valence-electron chi connectivity index (χ1n) is 11.8. The molecule has 1 heterocycles. The van der Waals surface area contributed by atoms with Crippen LogP contribution in [-0.4, -0.2) is 34.0 Å². The van der Waals surface area contributed by atoms with E-state index in [1.165, 1.54) is 16.0 Å². The van der Waals surface area contributed by atoms with Crippen molar-refractivity contribution in [2.24, 2.45) is 0 Å². The lowest BCUT2D eigenvalue weighted by molar-refractivity contribution is -0.137. The summed E-state index contributed by atoms with van der Waals surface area (Å²) < 4.78 is 6.31. The minimum Gasteiger partial charge on any atom is -0.487 e. The van der Waals surface area contributed by atoms with E-state index in [0.29, 0.717) is 22.9 Å². The number of carboxylic acid groups (broad SMARTS) is 1. The van der Waals surface area contributed by atoms with Crippen molar-refractivity contribution in [3.8, 4) is 5.75 Å². The Morgan fingerprint density at radius 2 is 1.69 bits per heavy atom. The molecule has 5 nitrogen and oxygen atoms in total. The summed E-state index contributed by atoms with van der Waals surface area (Å²) in [6.07, 6.45) is 1.43. The van der Waals surface area contributed by atoms with Crippen LogP contribution in [0.3, 0.4) is 0 Å². The summed E-state index contributed by atoms with van der Waals surface area (Å²) in [6.45, 7) is 6.24. The molecule has 0 saturated carbocycles. The van der Waals surface area contributed by atoms with Crippen LogP contribution in [0.4, 0.5) is 0 Å². The standard InChI is InChI=1S/C29H30ClNO4/c1-19(2)22-8-4-20(5-9-22)15-29(3)16-24-14-23(10-13-26(24)35-29)28(34)31(18-27(32)33)17-21-6-11-25(30)12-7-21/h4-14,19H,15-18H2,1-3H3,(H,32,33)/t29-/m1/s1. The van der Waals surface area contributed by atoms with E-state index in [2.05, 4.69) is 45.0 Å². The molecule has 0 saturated heterocycles. The van der Waals surface area contributed by atoms with E-state index in [4.69, 9.17) is 16.3 Å². The summed E-state index contributed by atoms with van der Waals surface area (Å²) in [5.41, 5.74) is 4.32. The molecule has 3 aromatic carbocycles. The van der Waals surface area contributed by atoms with E-state index in [-0.39, 0.29) is 19.0 Å². The van der Waals surface area contributed by atoms with E-state index >= 15 is 0 Å². The third-order valence-electron chi connectivity index (χ3n) is 6.35. The number of nitrogens with zero attached hydrogens (tertiary/aromatic N) is 1. The molecule has 1 aliphatic rings. The number of ether oxygens (including phenoxy) is 1. The second-order valence-corrected chi connectivity index (χ2v) is 10.2. The molecular formula is C29H30ClNO4. The first-order chi connectivity index (χ1) is 16.6. The van der Waals surface area contributed by atoms with Gasteiger partial charge in [0.25, 0.3) is 5.91 Å². The van der Waals surface area contributed by atoms with Crippen LogP contribution in [0.25, 0.3) is 0 Å². The van der Waals surface area contributed by atoms with Crippen molar-refractivity contribution in [2.75, 3.05) is 6.54 Å². The number of aliphatic carboxylic acids is 1. The Labute approximate surface area is 211 Å². The van der Waals surface area contributed by atoms with Gasteiger partial charge in [-0.15, -0.1) is 0 Å². The molecule has 35 heavy (non-hydrogen) atoms. The smallest absolute Gasteiger partial charge is 0.323 e. The van der Waals surface area contributed by atoms with Crippen LogP contribution in [0.5, 0.6) is 5.75 Å². The molecule has 0 fully saturated rings. The van der Waals surface area contributed by atoms with Gasteiger partial charge in [-0.1, -0.05) is 61.8 Å². The summed E-state index contributed by atoms with van der Waals surface area (Å²) in [5, 5.41) is 9.96. The molecule has 0 unspecified atom stereocenters. The number of rotatable bonds is 8. The number of hydrogen-bond acceptors (Lipinski definition) is 3. The lowest BCUT2D eigenvalue weighted by atomic mass is 9.90. The third-order valence-corrected chi connectivity index (χ3v) is 6.60. The fourth-order valence-corrected chi connectivity index (χ4v) is 4.69. The molecule has 0 bridgehead atoms. The summed E-state index contributed by atoms with van der Waals surface area (Å²) in [6, 6.07) is 21.0. The maximum Gasteiger partial charge on any atom is 0.323 e. The van der Waals surface area contributed by atoms with Gasteiger partial charge in [0.05, 0.1) is 0 Å². The van der Waals surface area contributed by atoms with Crippen LogP contribution in [0.15, 0.2) is 66.7 Å². The Morgan fingerprint density at radius 3 is 2.31 bits per heavy atom. The van der Waals surface area contributed by atoms with E-state index in [1.54, 1.807) is 30.3 Å².